The van der Waals surface area contributed by atoms with E-state index in [1.54, 1.807) is 0 Å². The van der Waals surface area contributed by atoms with E-state index in [9.17, 15) is 0 Å². The lowest BCUT2D eigenvalue weighted by Gasteiger charge is -2.31. The molecule has 1 unspecified atom stereocenters. The van der Waals surface area contributed by atoms with Crippen molar-refractivity contribution >= 4 is 5.96 Å². The van der Waals surface area contributed by atoms with Crippen LogP contribution in [0, 0.1) is 12.8 Å². The van der Waals surface area contributed by atoms with Gasteiger partial charge in [-0.3, -0.25) is 0 Å². The number of likely N-dealkylation sites (tertiary alicyclic amines) is 1. The van der Waals surface area contributed by atoms with Crippen LogP contribution in [-0.4, -0.2) is 37.1 Å². The molecule has 4 nitrogen and oxygen atoms in total. The highest BCUT2D eigenvalue weighted by Gasteiger charge is 2.17. The normalized spacial score (nSPS) is 20.0. The zero-order chi connectivity index (χ0) is 14.4. The number of rotatable bonds is 4. The van der Waals surface area contributed by atoms with Crippen molar-refractivity contribution in [3.8, 4) is 5.75 Å². The van der Waals surface area contributed by atoms with Gasteiger partial charge in [-0.2, -0.15) is 0 Å². The summed E-state index contributed by atoms with van der Waals surface area (Å²) in [5.74, 6) is 2.29. The van der Waals surface area contributed by atoms with Crippen LogP contribution in [0.25, 0.3) is 0 Å². The highest BCUT2D eigenvalue weighted by atomic mass is 16.5. The van der Waals surface area contributed by atoms with Crippen molar-refractivity contribution in [2.24, 2.45) is 16.6 Å². The maximum Gasteiger partial charge on any atom is 0.191 e. The summed E-state index contributed by atoms with van der Waals surface area (Å²) in [5.41, 5.74) is 7.19. The lowest BCUT2D eigenvalue weighted by atomic mass is 10.0. The first-order chi connectivity index (χ1) is 9.66. The van der Waals surface area contributed by atoms with E-state index in [4.69, 9.17) is 10.5 Å². The van der Waals surface area contributed by atoms with Gasteiger partial charge in [0.1, 0.15) is 12.4 Å². The molecule has 1 aliphatic rings. The molecule has 20 heavy (non-hydrogen) atoms. The van der Waals surface area contributed by atoms with Crippen molar-refractivity contribution in [2.75, 3.05) is 26.2 Å². The molecule has 1 aromatic rings. The lowest BCUT2D eigenvalue weighted by molar-refractivity contribution is 0.269. The summed E-state index contributed by atoms with van der Waals surface area (Å²) in [6, 6.07) is 8.02. The van der Waals surface area contributed by atoms with Crippen LogP contribution in [0.5, 0.6) is 5.75 Å². The predicted molar refractivity (Wildman–Crippen MR) is 83.1 cm³/mol. The Morgan fingerprint density at radius 2 is 2.25 bits per heavy atom. The van der Waals surface area contributed by atoms with Gasteiger partial charge in [0, 0.05) is 13.1 Å². The molecule has 1 fully saturated rings. The van der Waals surface area contributed by atoms with E-state index in [0.717, 1.165) is 24.4 Å². The minimum atomic E-state index is 0.564. The van der Waals surface area contributed by atoms with Crippen LogP contribution in [0.3, 0.4) is 0 Å². The average molecular weight is 275 g/mol. The molecule has 1 saturated heterocycles. The second-order valence-electron chi connectivity index (χ2n) is 5.55. The first kappa shape index (κ1) is 14.7. The summed E-state index contributed by atoms with van der Waals surface area (Å²) in [4.78, 5) is 6.60. The van der Waals surface area contributed by atoms with Crippen LogP contribution in [0.15, 0.2) is 29.3 Å². The highest BCUT2D eigenvalue weighted by molar-refractivity contribution is 5.78. The van der Waals surface area contributed by atoms with E-state index in [-0.39, 0.29) is 0 Å². The number of nitrogens with zero attached hydrogens (tertiary/aromatic N) is 2. The van der Waals surface area contributed by atoms with Crippen molar-refractivity contribution in [1.82, 2.24) is 4.90 Å². The number of piperidine rings is 1. The van der Waals surface area contributed by atoms with Crippen molar-refractivity contribution < 1.29 is 4.74 Å². The van der Waals surface area contributed by atoms with E-state index >= 15 is 0 Å². The number of hydrogen-bond donors (Lipinski definition) is 1. The molecule has 1 atom stereocenters. The van der Waals surface area contributed by atoms with Gasteiger partial charge in [-0.15, -0.1) is 0 Å². The van der Waals surface area contributed by atoms with E-state index in [1.807, 2.05) is 31.2 Å². The van der Waals surface area contributed by atoms with Crippen molar-refractivity contribution in [3.05, 3.63) is 29.8 Å². The second kappa shape index (κ2) is 7.17. The molecular weight excluding hydrogens is 250 g/mol. The third-order valence-corrected chi connectivity index (χ3v) is 3.70. The van der Waals surface area contributed by atoms with Gasteiger partial charge in [0.2, 0.25) is 0 Å². The number of para-hydroxylation sites is 1. The molecule has 0 spiro atoms. The van der Waals surface area contributed by atoms with Crippen LogP contribution < -0.4 is 10.5 Å². The van der Waals surface area contributed by atoms with E-state index in [1.165, 1.54) is 12.8 Å². The fourth-order valence-corrected chi connectivity index (χ4v) is 2.53. The Hall–Kier alpha value is -1.71. The molecular formula is C16H25N3O. The number of guanidine groups is 1. The van der Waals surface area contributed by atoms with Crippen molar-refractivity contribution in [3.63, 3.8) is 0 Å². The number of ether oxygens (including phenoxy) is 1. The Labute approximate surface area is 121 Å². The molecule has 0 saturated carbocycles. The van der Waals surface area contributed by atoms with E-state index in [0.29, 0.717) is 25.0 Å². The summed E-state index contributed by atoms with van der Waals surface area (Å²) in [5, 5.41) is 0. The van der Waals surface area contributed by atoms with Crippen molar-refractivity contribution in [2.45, 2.75) is 26.7 Å². The second-order valence-corrected chi connectivity index (χ2v) is 5.55. The smallest absolute Gasteiger partial charge is 0.191 e. The number of aliphatic imine (C=N–C) groups is 1. The Morgan fingerprint density at radius 3 is 3.00 bits per heavy atom. The Balaban J connectivity index is 1.77. The number of hydrogen-bond acceptors (Lipinski definition) is 2. The van der Waals surface area contributed by atoms with Crippen LogP contribution in [0.4, 0.5) is 0 Å². The summed E-state index contributed by atoms with van der Waals surface area (Å²) in [6.45, 7) is 7.52. The van der Waals surface area contributed by atoms with Gasteiger partial charge in [0.25, 0.3) is 0 Å². The molecule has 0 radical (unpaired) electrons. The van der Waals surface area contributed by atoms with Gasteiger partial charge in [-0.25, -0.2) is 4.99 Å². The SMILES string of the molecule is Cc1ccccc1OCCN=C(N)N1CCCC(C)C1. The summed E-state index contributed by atoms with van der Waals surface area (Å²) >= 11 is 0. The minimum Gasteiger partial charge on any atom is -0.491 e. The Bertz CT molecular complexity index is 459. The molecule has 4 heteroatoms. The van der Waals surface area contributed by atoms with E-state index in [2.05, 4.69) is 16.8 Å². The molecule has 2 N–H and O–H groups in total. The first-order valence-corrected chi connectivity index (χ1v) is 7.40. The summed E-state index contributed by atoms with van der Waals surface area (Å²) < 4.78 is 5.71. The molecule has 0 aliphatic carbocycles. The van der Waals surface area contributed by atoms with E-state index < -0.39 is 0 Å². The quantitative estimate of drug-likeness (QED) is 0.521. The monoisotopic (exact) mass is 275 g/mol. The average Bonchev–Trinajstić information content (AvgIpc) is 2.45. The largest absolute Gasteiger partial charge is 0.491 e. The third-order valence-electron chi connectivity index (χ3n) is 3.70. The zero-order valence-corrected chi connectivity index (χ0v) is 12.5. The fraction of sp³-hybridized carbons (Fsp3) is 0.562. The fourth-order valence-electron chi connectivity index (χ4n) is 2.53. The molecule has 1 aromatic carbocycles. The van der Waals surface area contributed by atoms with Gasteiger partial charge < -0.3 is 15.4 Å². The van der Waals surface area contributed by atoms with Crippen LogP contribution in [0.1, 0.15) is 25.3 Å². The number of benzene rings is 1. The van der Waals surface area contributed by atoms with Gasteiger partial charge in [0.05, 0.1) is 6.54 Å². The van der Waals surface area contributed by atoms with Crippen LogP contribution in [-0.2, 0) is 0 Å². The Morgan fingerprint density at radius 1 is 1.45 bits per heavy atom. The molecule has 2 rings (SSSR count). The van der Waals surface area contributed by atoms with Gasteiger partial charge in [-0.1, -0.05) is 25.1 Å². The summed E-state index contributed by atoms with van der Waals surface area (Å²) in [7, 11) is 0. The number of aryl methyl sites for hydroxylation is 1. The van der Waals surface area contributed by atoms with Gasteiger partial charge in [0.15, 0.2) is 5.96 Å². The topological polar surface area (TPSA) is 50.9 Å². The molecule has 0 amide bonds. The zero-order valence-electron chi connectivity index (χ0n) is 12.5. The molecule has 0 aromatic heterocycles. The minimum absolute atomic E-state index is 0.564. The lowest BCUT2D eigenvalue weighted by Crippen LogP contribution is -2.43. The molecule has 0 bridgehead atoms. The Kier molecular flexibility index (Phi) is 5.27. The number of nitrogens with two attached hydrogens (primary N) is 1. The highest BCUT2D eigenvalue weighted by Crippen LogP contribution is 2.16. The predicted octanol–water partition coefficient (Wildman–Crippen LogP) is 2.42. The maximum atomic E-state index is 6.04. The maximum absolute atomic E-state index is 6.04. The summed E-state index contributed by atoms with van der Waals surface area (Å²) in [6.07, 6.45) is 2.50. The molecule has 110 valence electrons. The standard InChI is InChI=1S/C16H25N3O/c1-13-6-5-10-19(12-13)16(17)18-9-11-20-15-8-4-3-7-14(15)2/h3-4,7-8,13H,5-6,9-12H2,1-2H3,(H2,17,18). The molecule has 1 heterocycles. The van der Waals surface area contributed by atoms with Gasteiger partial charge in [-0.05, 0) is 37.3 Å². The van der Waals surface area contributed by atoms with Gasteiger partial charge >= 0.3 is 0 Å². The van der Waals surface area contributed by atoms with Crippen molar-refractivity contribution in [1.29, 1.82) is 0 Å². The third kappa shape index (κ3) is 4.15. The van der Waals surface area contributed by atoms with Crippen LogP contribution >= 0.6 is 0 Å². The molecule has 1 aliphatic heterocycles. The first-order valence-electron chi connectivity index (χ1n) is 7.40. The van der Waals surface area contributed by atoms with Crippen LogP contribution in [0.2, 0.25) is 0 Å².